The summed E-state index contributed by atoms with van der Waals surface area (Å²) in [5, 5.41) is 3.92. The number of hydrogen-bond donors (Lipinski definition) is 1. The van der Waals surface area contributed by atoms with Gasteiger partial charge >= 0.3 is 0 Å². The van der Waals surface area contributed by atoms with Crippen molar-refractivity contribution in [3.8, 4) is 0 Å². The fourth-order valence-electron chi connectivity index (χ4n) is 1.64. The van der Waals surface area contributed by atoms with Crippen molar-refractivity contribution in [1.82, 2.24) is 9.97 Å². The Hall–Kier alpha value is -0.830. The number of anilines is 1. The molecule has 4 heteroatoms. The van der Waals surface area contributed by atoms with E-state index >= 15 is 0 Å². The molecule has 3 nitrogen and oxygen atoms in total. The van der Waals surface area contributed by atoms with E-state index in [1.807, 2.05) is 0 Å². The van der Waals surface area contributed by atoms with Gasteiger partial charge in [-0.15, -0.1) is 0 Å². The summed E-state index contributed by atoms with van der Waals surface area (Å²) in [6, 6.07) is 2.39. The van der Waals surface area contributed by atoms with Gasteiger partial charge in [0.15, 0.2) is 0 Å². The Kier molecular flexibility index (Phi) is 3.41. The van der Waals surface area contributed by atoms with Gasteiger partial charge in [-0.2, -0.15) is 0 Å². The second-order valence-electron chi connectivity index (χ2n) is 4.01. The first-order chi connectivity index (χ1) is 7.28. The van der Waals surface area contributed by atoms with E-state index in [0.29, 0.717) is 11.2 Å². The molecule has 1 N–H and O–H groups in total. The van der Waals surface area contributed by atoms with Gasteiger partial charge in [-0.05, 0) is 25.7 Å². The van der Waals surface area contributed by atoms with Crippen LogP contribution in [0.4, 0.5) is 5.82 Å². The van der Waals surface area contributed by atoms with Crippen molar-refractivity contribution in [2.45, 2.75) is 45.1 Å². The highest BCUT2D eigenvalue weighted by Crippen LogP contribution is 2.23. The fourth-order valence-corrected chi connectivity index (χ4v) is 1.84. The van der Waals surface area contributed by atoms with Gasteiger partial charge in [0.05, 0.1) is 0 Å². The molecule has 1 aromatic rings. The van der Waals surface area contributed by atoms with Crippen LogP contribution in [0.5, 0.6) is 0 Å². The molecule has 0 unspecified atom stereocenters. The van der Waals surface area contributed by atoms with Gasteiger partial charge in [0.25, 0.3) is 0 Å². The minimum Gasteiger partial charge on any atom is -0.367 e. The maximum Gasteiger partial charge on any atom is 0.134 e. The minimum atomic E-state index is 0.537. The second kappa shape index (κ2) is 4.79. The van der Waals surface area contributed by atoms with Crippen molar-refractivity contribution in [2.75, 3.05) is 5.32 Å². The summed E-state index contributed by atoms with van der Waals surface area (Å²) in [5.74, 6) is 1.72. The lowest BCUT2D eigenvalue weighted by atomic mass is 9.93. The highest BCUT2D eigenvalue weighted by molar-refractivity contribution is 6.29. The van der Waals surface area contributed by atoms with Crippen LogP contribution in [0.1, 0.15) is 38.4 Å². The molecule has 15 heavy (non-hydrogen) atoms. The van der Waals surface area contributed by atoms with Gasteiger partial charge in [-0.25, -0.2) is 9.97 Å². The van der Waals surface area contributed by atoms with Gasteiger partial charge in [0, 0.05) is 18.5 Å². The lowest BCUT2D eigenvalue weighted by Crippen LogP contribution is -2.27. The topological polar surface area (TPSA) is 37.8 Å². The van der Waals surface area contributed by atoms with E-state index in [0.717, 1.165) is 24.5 Å². The van der Waals surface area contributed by atoms with Gasteiger partial charge in [0.2, 0.25) is 0 Å². The first-order valence-electron chi connectivity index (χ1n) is 5.58. The largest absolute Gasteiger partial charge is 0.367 e. The van der Waals surface area contributed by atoms with Crippen molar-refractivity contribution in [1.29, 1.82) is 0 Å². The normalized spacial score (nSPS) is 16.1. The SMILES string of the molecule is CCCc1nc(Cl)cc(NC2CCC2)n1. The maximum absolute atomic E-state index is 5.94. The Balaban J connectivity index is 2.07. The van der Waals surface area contributed by atoms with Crippen molar-refractivity contribution in [3.05, 3.63) is 17.0 Å². The lowest BCUT2D eigenvalue weighted by molar-refractivity contribution is 0.444. The highest BCUT2D eigenvalue weighted by atomic mass is 35.5. The Morgan fingerprint density at radius 2 is 2.27 bits per heavy atom. The third-order valence-corrected chi connectivity index (χ3v) is 2.87. The van der Waals surface area contributed by atoms with E-state index in [1.165, 1.54) is 19.3 Å². The van der Waals surface area contributed by atoms with Crippen LogP contribution in [0, 0.1) is 0 Å². The number of halogens is 1. The first kappa shape index (κ1) is 10.7. The quantitative estimate of drug-likeness (QED) is 0.801. The Labute approximate surface area is 95.3 Å². The lowest BCUT2D eigenvalue weighted by Gasteiger charge is -2.27. The number of aryl methyl sites for hydroxylation is 1. The molecule has 0 radical (unpaired) electrons. The molecule has 1 fully saturated rings. The molecule has 0 saturated heterocycles. The predicted octanol–water partition coefficient (Wildman–Crippen LogP) is 3.05. The first-order valence-corrected chi connectivity index (χ1v) is 5.95. The van der Waals surface area contributed by atoms with Crippen LogP contribution in [0.2, 0.25) is 5.15 Å². The Morgan fingerprint density at radius 3 is 2.87 bits per heavy atom. The van der Waals surface area contributed by atoms with Gasteiger partial charge in [0.1, 0.15) is 16.8 Å². The molecular weight excluding hydrogens is 210 g/mol. The van der Waals surface area contributed by atoms with E-state index in [1.54, 1.807) is 6.07 Å². The molecule has 0 aliphatic heterocycles. The summed E-state index contributed by atoms with van der Waals surface area (Å²) >= 11 is 5.94. The summed E-state index contributed by atoms with van der Waals surface area (Å²) in [6.45, 7) is 2.11. The fraction of sp³-hybridized carbons (Fsp3) is 0.636. The molecule has 82 valence electrons. The summed E-state index contributed by atoms with van der Waals surface area (Å²) in [6.07, 6.45) is 5.73. The van der Waals surface area contributed by atoms with Gasteiger partial charge < -0.3 is 5.32 Å². The molecule has 0 aromatic carbocycles. The smallest absolute Gasteiger partial charge is 0.134 e. The van der Waals surface area contributed by atoms with E-state index in [9.17, 15) is 0 Å². The number of nitrogens with one attached hydrogen (secondary N) is 1. The number of aromatic nitrogens is 2. The van der Waals surface area contributed by atoms with E-state index in [-0.39, 0.29) is 0 Å². The Morgan fingerprint density at radius 1 is 1.47 bits per heavy atom. The van der Waals surface area contributed by atoms with Crippen LogP contribution in [0.25, 0.3) is 0 Å². The van der Waals surface area contributed by atoms with Crippen LogP contribution in [0.15, 0.2) is 6.07 Å². The molecule has 0 bridgehead atoms. The molecular formula is C11H16ClN3. The van der Waals surface area contributed by atoms with Crippen LogP contribution in [-0.4, -0.2) is 16.0 Å². The molecule has 0 atom stereocenters. The van der Waals surface area contributed by atoms with E-state index in [4.69, 9.17) is 11.6 Å². The monoisotopic (exact) mass is 225 g/mol. The molecule has 1 heterocycles. The van der Waals surface area contributed by atoms with Crippen molar-refractivity contribution < 1.29 is 0 Å². The predicted molar refractivity (Wildman–Crippen MR) is 62.3 cm³/mol. The van der Waals surface area contributed by atoms with Gasteiger partial charge in [-0.3, -0.25) is 0 Å². The standard InChI is InChI=1S/C11H16ClN3/c1-2-4-10-14-9(12)7-11(15-10)13-8-5-3-6-8/h7-8H,2-6H2,1H3,(H,13,14,15). The second-order valence-corrected chi connectivity index (χ2v) is 4.40. The van der Waals surface area contributed by atoms with Crippen LogP contribution in [0.3, 0.4) is 0 Å². The summed E-state index contributed by atoms with van der Waals surface area (Å²) in [5.41, 5.74) is 0. The molecule has 0 amide bonds. The zero-order valence-corrected chi connectivity index (χ0v) is 9.72. The highest BCUT2D eigenvalue weighted by Gasteiger charge is 2.17. The van der Waals surface area contributed by atoms with Gasteiger partial charge in [-0.1, -0.05) is 18.5 Å². The zero-order chi connectivity index (χ0) is 10.7. The molecule has 0 spiro atoms. The zero-order valence-electron chi connectivity index (χ0n) is 8.96. The average Bonchev–Trinajstić information content (AvgIpc) is 2.11. The molecule has 1 aromatic heterocycles. The number of nitrogens with zero attached hydrogens (tertiary/aromatic N) is 2. The number of rotatable bonds is 4. The van der Waals surface area contributed by atoms with Crippen LogP contribution < -0.4 is 5.32 Å². The Bertz CT molecular complexity index is 337. The van der Waals surface area contributed by atoms with E-state index in [2.05, 4.69) is 22.2 Å². The summed E-state index contributed by atoms with van der Waals surface area (Å²) < 4.78 is 0. The summed E-state index contributed by atoms with van der Waals surface area (Å²) in [4.78, 5) is 8.63. The van der Waals surface area contributed by atoms with Crippen molar-refractivity contribution in [3.63, 3.8) is 0 Å². The third-order valence-electron chi connectivity index (χ3n) is 2.67. The van der Waals surface area contributed by atoms with Crippen molar-refractivity contribution in [2.24, 2.45) is 0 Å². The minimum absolute atomic E-state index is 0.537. The molecule has 1 saturated carbocycles. The average molecular weight is 226 g/mol. The molecule has 2 rings (SSSR count). The van der Waals surface area contributed by atoms with Crippen LogP contribution in [-0.2, 0) is 6.42 Å². The third kappa shape index (κ3) is 2.81. The molecule has 1 aliphatic rings. The number of hydrogen-bond acceptors (Lipinski definition) is 3. The van der Waals surface area contributed by atoms with Crippen LogP contribution >= 0.6 is 11.6 Å². The van der Waals surface area contributed by atoms with E-state index < -0.39 is 0 Å². The molecule has 1 aliphatic carbocycles. The summed E-state index contributed by atoms with van der Waals surface area (Å²) in [7, 11) is 0. The maximum atomic E-state index is 5.94. The van der Waals surface area contributed by atoms with Crippen molar-refractivity contribution >= 4 is 17.4 Å².